The van der Waals surface area contributed by atoms with Crippen LogP contribution in [0.25, 0.3) is 17.3 Å². The Bertz CT molecular complexity index is 1320. The number of carbonyl (C=O) groups is 1. The summed E-state index contributed by atoms with van der Waals surface area (Å²) in [4.78, 5) is 16.8. The molecule has 0 fully saturated rings. The Kier molecular flexibility index (Phi) is 7.85. The molecule has 4 rings (SSSR count). The lowest BCUT2D eigenvalue weighted by Gasteiger charge is -2.11. The van der Waals surface area contributed by atoms with Crippen molar-refractivity contribution in [2.24, 2.45) is 0 Å². The first-order chi connectivity index (χ1) is 16.5. The maximum absolute atomic E-state index is 12.4. The molecule has 34 heavy (non-hydrogen) atoms. The fraction of sp³-hybridized carbons (Fsp3) is 0.0769. The summed E-state index contributed by atoms with van der Waals surface area (Å²) in [6.07, 6.45) is 3.14. The van der Waals surface area contributed by atoms with Gasteiger partial charge in [0.1, 0.15) is 6.61 Å². The highest BCUT2D eigenvalue weighted by Gasteiger charge is 2.10. The number of amides is 1. The molecule has 0 aliphatic heterocycles. The predicted molar refractivity (Wildman–Crippen MR) is 139 cm³/mol. The summed E-state index contributed by atoms with van der Waals surface area (Å²) in [5.41, 5.74) is 3.28. The number of hydrogen-bond acceptors (Lipinski definition) is 5. The summed E-state index contributed by atoms with van der Waals surface area (Å²) >= 11 is 13.5. The maximum Gasteiger partial charge on any atom is 0.250 e. The Labute approximate surface area is 211 Å². The minimum absolute atomic E-state index is 0.300. The van der Waals surface area contributed by atoms with Crippen molar-refractivity contribution in [3.05, 3.63) is 99.4 Å². The Morgan fingerprint density at radius 2 is 1.88 bits per heavy atom. The van der Waals surface area contributed by atoms with Gasteiger partial charge in [-0.05, 0) is 47.5 Å². The largest absolute Gasteiger partial charge is 0.493 e. The summed E-state index contributed by atoms with van der Waals surface area (Å²) in [6.45, 7) is 0.436. The van der Waals surface area contributed by atoms with Gasteiger partial charge in [0.25, 0.3) is 0 Å². The first-order valence-corrected chi connectivity index (χ1v) is 11.9. The molecule has 0 saturated heterocycles. The first kappa shape index (κ1) is 23.8. The number of halogens is 2. The van der Waals surface area contributed by atoms with Crippen LogP contribution in [-0.2, 0) is 11.4 Å². The average Bonchev–Trinajstić information content (AvgIpc) is 3.30. The van der Waals surface area contributed by atoms with E-state index in [1.165, 1.54) is 17.4 Å². The molecule has 1 aromatic heterocycles. The number of methoxy groups -OCH3 is 1. The molecule has 5 nitrogen and oxygen atoms in total. The van der Waals surface area contributed by atoms with Crippen molar-refractivity contribution in [3.63, 3.8) is 0 Å². The fourth-order valence-corrected chi connectivity index (χ4v) is 4.33. The zero-order valence-corrected chi connectivity index (χ0v) is 20.5. The number of ether oxygens (including phenoxy) is 2. The van der Waals surface area contributed by atoms with Crippen LogP contribution >= 0.6 is 34.5 Å². The Balaban J connectivity index is 1.38. The second-order valence-corrected chi connectivity index (χ2v) is 8.87. The van der Waals surface area contributed by atoms with Crippen molar-refractivity contribution in [3.8, 4) is 22.8 Å². The van der Waals surface area contributed by atoms with Gasteiger partial charge in [0.15, 0.2) is 16.6 Å². The van der Waals surface area contributed by atoms with Gasteiger partial charge in [-0.3, -0.25) is 10.1 Å². The van der Waals surface area contributed by atoms with E-state index in [1.54, 1.807) is 31.4 Å². The van der Waals surface area contributed by atoms with Crippen molar-refractivity contribution < 1.29 is 14.3 Å². The molecule has 0 aliphatic carbocycles. The van der Waals surface area contributed by atoms with Gasteiger partial charge in [-0.25, -0.2) is 4.98 Å². The lowest BCUT2D eigenvalue weighted by atomic mass is 10.2. The number of anilines is 1. The van der Waals surface area contributed by atoms with Gasteiger partial charge in [-0.15, -0.1) is 11.3 Å². The molecule has 4 aromatic rings. The van der Waals surface area contributed by atoms with Crippen molar-refractivity contribution in [1.29, 1.82) is 0 Å². The van der Waals surface area contributed by atoms with Crippen LogP contribution in [0.5, 0.6) is 11.5 Å². The van der Waals surface area contributed by atoms with Gasteiger partial charge in [0.2, 0.25) is 5.91 Å². The molecule has 3 aromatic carbocycles. The van der Waals surface area contributed by atoms with Crippen LogP contribution in [0.15, 0.2) is 78.2 Å². The number of nitrogens with one attached hydrogen (secondary N) is 1. The smallest absolute Gasteiger partial charge is 0.250 e. The van der Waals surface area contributed by atoms with Gasteiger partial charge in [-0.2, -0.15) is 0 Å². The molecule has 172 valence electrons. The molecule has 0 radical (unpaired) electrons. The van der Waals surface area contributed by atoms with Gasteiger partial charge in [0, 0.05) is 22.0 Å². The first-order valence-electron chi connectivity index (χ1n) is 10.3. The molecule has 1 N–H and O–H groups in total. The molecule has 0 aliphatic rings. The molecule has 0 bridgehead atoms. The highest BCUT2D eigenvalue weighted by molar-refractivity contribution is 7.14. The monoisotopic (exact) mass is 510 g/mol. The molecule has 0 unspecified atom stereocenters. The number of nitrogens with zero attached hydrogens (tertiary/aromatic N) is 1. The van der Waals surface area contributed by atoms with E-state index in [2.05, 4.69) is 10.3 Å². The normalized spacial score (nSPS) is 10.9. The van der Waals surface area contributed by atoms with Crippen LogP contribution in [0.2, 0.25) is 10.0 Å². The van der Waals surface area contributed by atoms with Crippen molar-refractivity contribution in [1.82, 2.24) is 4.98 Å². The quantitative estimate of drug-likeness (QED) is 0.251. The van der Waals surface area contributed by atoms with Crippen molar-refractivity contribution >= 4 is 51.7 Å². The molecule has 0 atom stereocenters. The van der Waals surface area contributed by atoms with Gasteiger partial charge >= 0.3 is 0 Å². The summed E-state index contributed by atoms with van der Waals surface area (Å²) in [5.74, 6) is 0.915. The molecule has 1 heterocycles. The van der Waals surface area contributed by atoms with Gasteiger partial charge in [-0.1, -0.05) is 59.6 Å². The van der Waals surface area contributed by atoms with E-state index >= 15 is 0 Å². The van der Waals surface area contributed by atoms with E-state index in [1.807, 2.05) is 53.9 Å². The molecular weight excluding hydrogens is 491 g/mol. The summed E-state index contributed by atoms with van der Waals surface area (Å²) in [5, 5.41) is 6.12. The van der Waals surface area contributed by atoms with Crippen molar-refractivity contribution in [2.75, 3.05) is 12.4 Å². The third-order valence-corrected chi connectivity index (χ3v) is 6.10. The number of thiazole rings is 1. The Morgan fingerprint density at radius 3 is 2.65 bits per heavy atom. The number of benzene rings is 3. The average molecular weight is 511 g/mol. The minimum Gasteiger partial charge on any atom is -0.493 e. The number of carbonyl (C=O) groups excluding carboxylic acids is 1. The molecule has 0 spiro atoms. The molecular formula is C26H20Cl2N2O3S. The lowest BCUT2D eigenvalue weighted by Crippen LogP contribution is -2.07. The van der Waals surface area contributed by atoms with E-state index in [0.717, 1.165) is 16.7 Å². The van der Waals surface area contributed by atoms with Crippen LogP contribution in [0.4, 0.5) is 5.13 Å². The van der Waals surface area contributed by atoms with Gasteiger partial charge in [0.05, 0.1) is 17.8 Å². The van der Waals surface area contributed by atoms with Crippen molar-refractivity contribution in [2.45, 2.75) is 6.61 Å². The zero-order chi connectivity index (χ0) is 23.9. The minimum atomic E-state index is -0.300. The SMILES string of the molecule is COc1cc(C=CC(=O)Nc2nc(-c3ccc(Cl)cc3Cl)cs2)ccc1OCc1ccccc1. The van der Waals surface area contributed by atoms with E-state index in [-0.39, 0.29) is 5.91 Å². The highest BCUT2D eigenvalue weighted by atomic mass is 35.5. The Morgan fingerprint density at radius 1 is 1.06 bits per heavy atom. The van der Waals surface area contributed by atoms with E-state index in [9.17, 15) is 4.79 Å². The molecule has 1 amide bonds. The summed E-state index contributed by atoms with van der Waals surface area (Å²) in [6, 6.07) is 20.6. The van der Waals surface area contributed by atoms with Crippen LogP contribution in [0.1, 0.15) is 11.1 Å². The predicted octanol–water partition coefficient (Wildman–Crippen LogP) is 7.36. The van der Waals surface area contributed by atoms with E-state index < -0.39 is 0 Å². The second kappa shape index (κ2) is 11.2. The standard InChI is InChI=1S/C26H20Cl2N2O3S/c1-32-24-13-17(7-11-23(24)33-15-18-5-3-2-4-6-18)8-12-25(31)30-26-29-22(16-34-26)20-10-9-19(27)14-21(20)28/h2-14,16H,15H2,1H3,(H,29,30,31). The summed E-state index contributed by atoms with van der Waals surface area (Å²) in [7, 11) is 1.58. The maximum atomic E-state index is 12.4. The third-order valence-electron chi connectivity index (χ3n) is 4.79. The number of rotatable bonds is 8. The second-order valence-electron chi connectivity index (χ2n) is 7.17. The van der Waals surface area contributed by atoms with E-state index in [0.29, 0.717) is 39.0 Å². The Hall–Kier alpha value is -3.32. The van der Waals surface area contributed by atoms with Crippen LogP contribution in [-0.4, -0.2) is 18.0 Å². The van der Waals surface area contributed by atoms with Crippen LogP contribution < -0.4 is 14.8 Å². The lowest BCUT2D eigenvalue weighted by molar-refractivity contribution is -0.111. The van der Waals surface area contributed by atoms with E-state index in [4.69, 9.17) is 32.7 Å². The number of hydrogen-bond donors (Lipinski definition) is 1. The molecule has 0 saturated carbocycles. The summed E-state index contributed by atoms with van der Waals surface area (Å²) < 4.78 is 11.3. The van der Waals surface area contributed by atoms with Gasteiger partial charge < -0.3 is 9.47 Å². The number of aromatic nitrogens is 1. The highest BCUT2D eigenvalue weighted by Crippen LogP contribution is 2.32. The topological polar surface area (TPSA) is 60.5 Å². The van der Waals surface area contributed by atoms with Crippen LogP contribution in [0, 0.1) is 0 Å². The molecule has 8 heteroatoms. The fourth-order valence-electron chi connectivity index (χ4n) is 3.11. The zero-order valence-electron chi connectivity index (χ0n) is 18.1. The third kappa shape index (κ3) is 6.17. The van der Waals surface area contributed by atoms with Crippen LogP contribution in [0.3, 0.4) is 0 Å².